The van der Waals surface area contributed by atoms with Crippen molar-refractivity contribution in [2.45, 2.75) is 24.7 Å². The van der Waals surface area contributed by atoms with Gasteiger partial charge in [-0.3, -0.25) is 0 Å². The van der Waals surface area contributed by atoms with Gasteiger partial charge in [0.2, 0.25) is 0 Å². The normalized spacial score (nSPS) is 22.1. The van der Waals surface area contributed by atoms with E-state index in [0.29, 0.717) is 16.2 Å². The van der Waals surface area contributed by atoms with Gasteiger partial charge in [0.25, 0.3) is 0 Å². The van der Waals surface area contributed by atoms with E-state index in [4.69, 9.17) is 5.14 Å². The molecule has 3 rings (SSSR count). The summed E-state index contributed by atoms with van der Waals surface area (Å²) in [4.78, 5) is 0.663. The largest absolute Gasteiger partial charge is 0.248 e. The highest BCUT2D eigenvalue weighted by atomic mass is 32.2. The molecule has 2 aliphatic carbocycles. The van der Waals surface area contributed by atoms with Crippen molar-refractivity contribution in [2.75, 3.05) is 0 Å². The molecule has 104 valence electrons. The Balaban J connectivity index is 1.98. The lowest BCUT2D eigenvalue weighted by Crippen LogP contribution is -2.02. The second-order valence-corrected chi connectivity index (χ2v) is 6.80. The Morgan fingerprint density at radius 2 is 1.95 bits per heavy atom. The number of allylic oxidation sites excluding steroid dienone is 5. The lowest BCUT2D eigenvalue weighted by atomic mass is 9.92. The van der Waals surface area contributed by atoms with Gasteiger partial charge in [-0.2, -0.15) is 0 Å². The zero-order valence-electron chi connectivity index (χ0n) is 11.6. The molecule has 0 heterocycles. The van der Waals surface area contributed by atoms with E-state index in [1.54, 1.807) is 0 Å². The number of nitrogens with two attached hydrogens (primary N) is 1. The summed E-state index contributed by atoms with van der Waals surface area (Å²) in [6.07, 6.45) is 9.27. The van der Waals surface area contributed by atoms with Crippen molar-refractivity contribution in [2.24, 2.45) is 16.5 Å². The van der Waals surface area contributed by atoms with Gasteiger partial charge in [-0.05, 0) is 47.6 Å². The van der Waals surface area contributed by atoms with E-state index in [1.807, 2.05) is 30.3 Å². The second kappa shape index (κ2) is 4.83. The minimum Gasteiger partial charge on any atom is -0.248 e. The predicted octanol–water partition coefficient (Wildman–Crippen LogP) is 3.59. The molecule has 0 saturated heterocycles. The number of hydrogen-bond donors (Lipinski definition) is 1. The Labute approximate surface area is 122 Å². The van der Waals surface area contributed by atoms with Crippen molar-refractivity contribution in [3.8, 4) is 0 Å². The highest BCUT2D eigenvalue weighted by Crippen LogP contribution is 2.56. The summed E-state index contributed by atoms with van der Waals surface area (Å²) >= 11 is 0. The molecular formula is C17H19NOS. The molecule has 1 fully saturated rings. The molecular weight excluding hydrogens is 266 g/mol. The third-order valence-electron chi connectivity index (χ3n) is 4.25. The second-order valence-electron chi connectivity index (χ2n) is 5.74. The van der Waals surface area contributed by atoms with Crippen LogP contribution in [-0.4, -0.2) is 4.21 Å². The zero-order valence-corrected chi connectivity index (χ0v) is 12.5. The van der Waals surface area contributed by atoms with Gasteiger partial charge in [0.05, 0.1) is 4.90 Å². The molecule has 1 saturated carbocycles. The van der Waals surface area contributed by atoms with E-state index in [0.717, 1.165) is 0 Å². The van der Waals surface area contributed by atoms with Crippen LogP contribution >= 0.6 is 0 Å². The topological polar surface area (TPSA) is 43.1 Å². The molecule has 0 bridgehead atoms. The van der Waals surface area contributed by atoms with Gasteiger partial charge in [-0.15, -0.1) is 6.58 Å². The van der Waals surface area contributed by atoms with Gasteiger partial charge in [0.1, 0.15) is 11.0 Å². The Hall–Kier alpha value is -1.45. The first kappa shape index (κ1) is 13.5. The minimum atomic E-state index is -1.41. The van der Waals surface area contributed by atoms with Crippen LogP contribution in [-0.2, 0) is 11.0 Å². The van der Waals surface area contributed by atoms with Gasteiger partial charge < -0.3 is 0 Å². The monoisotopic (exact) mass is 285 g/mol. The summed E-state index contributed by atoms with van der Waals surface area (Å²) in [5.74, 6) is 0.351. The Bertz CT molecular complexity index is 635. The maximum absolute atomic E-state index is 11.3. The van der Waals surface area contributed by atoms with Gasteiger partial charge in [-0.1, -0.05) is 37.3 Å². The van der Waals surface area contributed by atoms with Crippen LogP contribution in [0, 0.1) is 11.3 Å². The summed E-state index contributed by atoms with van der Waals surface area (Å²) in [5, 5.41) is 5.40. The molecule has 1 aromatic rings. The average molecular weight is 285 g/mol. The van der Waals surface area contributed by atoms with E-state index < -0.39 is 11.0 Å². The standard InChI is InChI=1S/C17H19NOS/c1-3-12(2)15-10-17(8-9-17)11-16(15)13-4-6-14(7-5-13)20(18)19/h3-7,10-12H,1,8-9,18H2,2H3. The van der Waals surface area contributed by atoms with Gasteiger partial charge in [0, 0.05) is 5.41 Å². The third kappa shape index (κ3) is 2.32. The maximum atomic E-state index is 11.3. The lowest BCUT2D eigenvalue weighted by Gasteiger charge is -2.13. The van der Waals surface area contributed by atoms with E-state index in [9.17, 15) is 4.21 Å². The SMILES string of the molecule is C=CC(C)C1=CC2(C=C1c1ccc(S(N)=O)cc1)CC2. The van der Waals surface area contributed by atoms with Gasteiger partial charge >= 0.3 is 0 Å². The summed E-state index contributed by atoms with van der Waals surface area (Å²) in [6.45, 7) is 6.09. The van der Waals surface area contributed by atoms with Crippen molar-refractivity contribution in [1.82, 2.24) is 0 Å². The van der Waals surface area contributed by atoms with E-state index >= 15 is 0 Å². The molecule has 2 nitrogen and oxygen atoms in total. The van der Waals surface area contributed by atoms with Gasteiger partial charge in [-0.25, -0.2) is 9.35 Å². The molecule has 0 aromatic heterocycles. The predicted molar refractivity (Wildman–Crippen MR) is 84.1 cm³/mol. The van der Waals surface area contributed by atoms with Crippen molar-refractivity contribution in [3.05, 3.63) is 60.2 Å². The molecule has 0 aliphatic heterocycles. The maximum Gasteiger partial charge on any atom is 0.122 e. The first-order valence-corrected chi connectivity index (χ1v) is 8.11. The van der Waals surface area contributed by atoms with Gasteiger partial charge in [0.15, 0.2) is 0 Å². The van der Waals surface area contributed by atoms with Crippen molar-refractivity contribution < 1.29 is 4.21 Å². The number of hydrogen-bond acceptors (Lipinski definition) is 1. The fourth-order valence-electron chi connectivity index (χ4n) is 2.76. The van der Waals surface area contributed by atoms with E-state index in [2.05, 4.69) is 25.7 Å². The van der Waals surface area contributed by atoms with Crippen LogP contribution in [0.15, 0.2) is 59.5 Å². The molecule has 1 spiro atoms. The van der Waals surface area contributed by atoms with E-state index in [1.165, 1.54) is 29.6 Å². The minimum absolute atomic E-state index is 0.303. The fraction of sp³-hybridized carbons (Fsp3) is 0.294. The van der Waals surface area contributed by atoms with E-state index in [-0.39, 0.29) is 0 Å². The van der Waals surface area contributed by atoms with Crippen molar-refractivity contribution >= 4 is 16.6 Å². The molecule has 2 N–H and O–H groups in total. The third-order valence-corrected chi connectivity index (χ3v) is 4.99. The zero-order chi connectivity index (χ0) is 14.3. The van der Waals surface area contributed by atoms with Crippen LogP contribution in [0.25, 0.3) is 5.57 Å². The molecule has 3 heteroatoms. The highest BCUT2D eigenvalue weighted by molar-refractivity contribution is 7.82. The highest BCUT2D eigenvalue weighted by Gasteiger charge is 2.43. The molecule has 0 radical (unpaired) electrons. The fourth-order valence-corrected chi connectivity index (χ4v) is 3.16. The Morgan fingerprint density at radius 3 is 2.45 bits per heavy atom. The Morgan fingerprint density at radius 1 is 1.30 bits per heavy atom. The van der Waals surface area contributed by atoms with Crippen molar-refractivity contribution in [3.63, 3.8) is 0 Å². The van der Waals surface area contributed by atoms with Crippen molar-refractivity contribution in [1.29, 1.82) is 0 Å². The van der Waals surface area contributed by atoms with Crippen LogP contribution in [0.2, 0.25) is 0 Å². The first-order valence-electron chi connectivity index (χ1n) is 6.90. The summed E-state index contributed by atoms with van der Waals surface area (Å²) in [7, 11) is -1.41. The molecule has 20 heavy (non-hydrogen) atoms. The molecule has 2 unspecified atom stereocenters. The quantitative estimate of drug-likeness (QED) is 0.844. The Kier molecular flexibility index (Phi) is 3.27. The number of rotatable bonds is 4. The summed E-state index contributed by atoms with van der Waals surface area (Å²) in [6, 6.07) is 7.72. The van der Waals surface area contributed by atoms with Crippen LogP contribution in [0.4, 0.5) is 0 Å². The van der Waals surface area contributed by atoms with Crippen LogP contribution < -0.4 is 5.14 Å². The van der Waals surface area contributed by atoms with Crippen LogP contribution in [0.3, 0.4) is 0 Å². The first-order chi connectivity index (χ1) is 9.54. The summed E-state index contributed by atoms with van der Waals surface area (Å²) in [5.41, 5.74) is 4.13. The lowest BCUT2D eigenvalue weighted by molar-refractivity contribution is 0.684. The average Bonchev–Trinajstić information content (AvgIpc) is 3.09. The smallest absolute Gasteiger partial charge is 0.122 e. The summed E-state index contributed by atoms with van der Waals surface area (Å²) < 4.78 is 11.3. The molecule has 2 atom stereocenters. The molecule has 1 aromatic carbocycles. The van der Waals surface area contributed by atoms with Crippen LogP contribution in [0.5, 0.6) is 0 Å². The van der Waals surface area contributed by atoms with Crippen LogP contribution in [0.1, 0.15) is 25.3 Å². The number of benzene rings is 1. The molecule has 0 amide bonds. The molecule has 2 aliphatic rings.